The summed E-state index contributed by atoms with van der Waals surface area (Å²) in [5.74, 6) is 0.0172. The Balaban J connectivity index is 1.45. The van der Waals surface area contributed by atoms with Gasteiger partial charge in [-0.3, -0.25) is 19.5 Å². The Bertz CT molecular complexity index is 712. The fourth-order valence-electron chi connectivity index (χ4n) is 3.95. The summed E-state index contributed by atoms with van der Waals surface area (Å²) in [4.78, 5) is 50.2. The fourth-order valence-corrected chi connectivity index (χ4v) is 3.95. The van der Waals surface area contributed by atoms with Crippen molar-refractivity contribution in [3.63, 3.8) is 0 Å². The largest absolute Gasteiger partial charge is 0.448 e. The minimum atomic E-state index is -0.433. The molecule has 0 aliphatic carbocycles. The van der Waals surface area contributed by atoms with Gasteiger partial charge in [0, 0.05) is 38.1 Å². The lowest BCUT2D eigenvalue weighted by atomic mass is 9.95. The van der Waals surface area contributed by atoms with Crippen molar-refractivity contribution in [3.05, 3.63) is 24.3 Å². The van der Waals surface area contributed by atoms with E-state index in [2.05, 4.69) is 9.97 Å². The first-order valence-corrected chi connectivity index (χ1v) is 8.88. The molecule has 4 aliphatic rings. The molecule has 26 heavy (non-hydrogen) atoms. The van der Waals surface area contributed by atoms with Crippen LogP contribution in [0.25, 0.3) is 0 Å². The first-order chi connectivity index (χ1) is 12.6. The molecule has 3 amide bonds. The summed E-state index contributed by atoms with van der Waals surface area (Å²) < 4.78 is 4.89. The predicted octanol–water partition coefficient (Wildman–Crippen LogP) is -0.00820. The third-order valence-electron chi connectivity index (χ3n) is 5.27. The lowest BCUT2D eigenvalue weighted by Gasteiger charge is -2.36. The molecule has 4 aliphatic heterocycles. The number of amides is 3. The van der Waals surface area contributed by atoms with Gasteiger partial charge in [-0.2, -0.15) is 0 Å². The van der Waals surface area contributed by atoms with Crippen LogP contribution in [0.3, 0.4) is 0 Å². The molecule has 1 aromatic rings. The number of ether oxygens (including phenoxy) is 1. The number of nitrogens with zero attached hydrogens (tertiary/aromatic N) is 5. The lowest BCUT2D eigenvalue weighted by molar-refractivity contribution is -0.135. The van der Waals surface area contributed by atoms with Crippen LogP contribution < -0.4 is 0 Å². The zero-order chi connectivity index (χ0) is 18.1. The first-order valence-electron chi connectivity index (χ1n) is 8.88. The van der Waals surface area contributed by atoms with Crippen molar-refractivity contribution in [3.8, 4) is 0 Å². The summed E-state index contributed by atoms with van der Waals surface area (Å²) in [5.41, 5.74) is 0.325. The minimum absolute atomic E-state index is 0.0273. The molecule has 1 aromatic heterocycles. The van der Waals surface area contributed by atoms with Crippen molar-refractivity contribution in [1.82, 2.24) is 24.7 Å². The molecule has 0 aromatic carbocycles. The lowest BCUT2D eigenvalue weighted by Crippen LogP contribution is -2.51. The highest BCUT2D eigenvalue weighted by Gasteiger charge is 2.40. The number of piperidine rings is 1. The van der Waals surface area contributed by atoms with E-state index in [1.165, 1.54) is 23.5 Å². The molecular weight excluding hydrogens is 338 g/mol. The molecule has 5 heterocycles. The van der Waals surface area contributed by atoms with Crippen molar-refractivity contribution in [2.45, 2.75) is 18.9 Å². The third kappa shape index (κ3) is 3.21. The fraction of sp³-hybridized carbons (Fsp3) is 0.588. The second-order valence-electron chi connectivity index (χ2n) is 6.98. The van der Waals surface area contributed by atoms with Gasteiger partial charge in [0.2, 0.25) is 5.91 Å². The van der Waals surface area contributed by atoms with Crippen molar-refractivity contribution in [1.29, 1.82) is 0 Å². The Labute approximate surface area is 150 Å². The second kappa shape index (κ2) is 6.89. The zero-order valence-electron chi connectivity index (χ0n) is 14.4. The van der Waals surface area contributed by atoms with E-state index < -0.39 is 6.09 Å². The number of hydrogen-bond donors (Lipinski definition) is 0. The van der Waals surface area contributed by atoms with Gasteiger partial charge in [0.15, 0.2) is 0 Å². The summed E-state index contributed by atoms with van der Waals surface area (Å²) >= 11 is 0. The van der Waals surface area contributed by atoms with E-state index in [1.807, 2.05) is 4.90 Å². The molecule has 2 atom stereocenters. The summed E-state index contributed by atoms with van der Waals surface area (Å²) in [6, 6.07) is -0.0273. The molecule has 9 nitrogen and oxygen atoms in total. The molecule has 5 rings (SSSR count). The van der Waals surface area contributed by atoms with E-state index >= 15 is 0 Å². The number of cyclic esters (lactones) is 1. The predicted molar refractivity (Wildman–Crippen MR) is 89.1 cm³/mol. The molecule has 4 saturated heterocycles. The second-order valence-corrected chi connectivity index (χ2v) is 6.98. The highest BCUT2D eigenvalue weighted by atomic mass is 16.6. The molecule has 0 N–H and O–H groups in total. The van der Waals surface area contributed by atoms with Gasteiger partial charge in [-0.05, 0) is 18.8 Å². The monoisotopic (exact) mass is 359 g/mol. The Morgan fingerprint density at radius 3 is 2.81 bits per heavy atom. The van der Waals surface area contributed by atoms with E-state index in [9.17, 15) is 14.4 Å². The SMILES string of the molecule is O=C1OCCN1CC(=O)N1C[C@H]2CC[C@@H]1CN(C(=O)c1cnccn1)C2. The van der Waals surface area contributed by atoms with Crippen molar-refractivity contribution in [2.75, 3.05) is 39.3 Å². The molecule has 4 fully saturated rings. The Morgan fingerprint density at radius 1 is 1.19 bits per heavy atom. The summed E-state index contributed by atoms with van der Waals surface area (Å²) in [7, 11) is 0. The summed E-state index contributed by atoms with van der Waals surface area (Å²) in [5, 5.41) is 0. The average Bonchev–Trinajstić information content (AvgIpc) is 2.87. The quantitative estimate of drug-likeness (QED) is 0.753. The highest BCUT2D eigenvalue weighted by Crippen LogP contribution is 2.29. The van der Waals surface area contributed by atoms with Crippen LogP contribution in [-0.4, -0.2) is 87.9 Å². The molecule has 0 radical (unpaired) electrons. The molecule has 9 heteroatoms. The molecule has 0 saturated carbocycles. The Morgan fingerprint density at radius 2 is 2.08 bits per heavy atom. The van der Waals surface area contributed by atoms with Gasteiger partial charge in [0.25, 0.3) is 5.91 Å². The van der Waals surface area contributed by atoms with Crippen molar-refractivity contribution >= 4 is 17.9 Å². The van der Waals surface area contributed by atoms with Gasteiger partial charge < -0.3 is 14.5 Å². The maximum absolute atomic E-state index is 12.7. The average molecular weight is 359 g/mol. The van der Waals surface area contributed by atoms with Crippen molar-refractivity contribution < 1.29 is 19.1 Å². The smallest absolute Gasteiger partial charge is 0.410 e. The number of fused-ring (bicyclic) bond motifs is 4. The number of carbonyl (C=O) groups excluding carboxylic acids is 3. The van der Waals surface area contributed by atoms with E-state index in [0.29, 0.717) is 38.5 Å². The van der Waals surface area contributed by atoms with E-state index in [0.717, 1.165) is 12.8 Å². The third-order valence-corrected chi connectivity index (χ3v) is 5.27. The molecule has 2 bridgehead atoms. The molecule has 0 unspecified atom stereocenters. The van der Waals surface area contributed by atoms with Crippen LogP contribution in [0.2, 0.25) is 0 Å². The van der Waals surface area contributed by atoms with Crippen LogP contribution in [0.1, 0.15) is 23.3 Å². The molecule has 138 valence electrons. The first kappa shape index (κ1) is 16.7. The number of carbonyl (C=O) groups is 3. The maximum atomic E-state index is 12.7. The van der Waals surface area contributed by atoms with Crippen LogP contribution in [0.5, 0.6) is 0 Å². The van der Waals surface area contributed by atoms with Crippen LogP contribution in [0.15, 0.2) is 18.6 Å². The van der Waals surface area contributed by atoms with E-state index in [1.54, 1.807) is 4.90 Å². The zero-order valence-corrected chi connectivity index (χ0v) is 14.4. The molecule has 0 spiro atoms. The van der Waals surface area contributed by atoms with Gasteiger partial charge in [0.1, 0.15) is 18.8 Å². The van der Waals surface area contributed by atoms with Gasteiger partial charge in [-0.1, -0.05) is 0 Å². The highest BCUT2D eigenvalue weighted by molar-refractivity contribution is 5.92. The van der Waals surface area contributed by atoms with Crippen LogP contribution in [0.4, 0.5) is 4.79 Å². The van der Waals surface area contributed by atoms with Crippen LogP contribution >= 0.6 is 0 Å². The topological polar surface area (TPSA) is 95.9 Å². The minimum Gasteiger partial charge on any atom is -0.448 e. The Hall–Kier alpha value is -2.71. The van der Waals surface area contributed by atoms with Crippen LogP contribution in [0, 0.1) is 5.92 Å². The van der Waals surface area contributed by atoms with Gasteiger partial charge in [-0.25, -0.2) is 9.78 Å². The van der Waals surface area contributed by atoms with Gasteiger partial charge in [-0.15, -0.1) is 0 Å². The standard InChI is InChI=1S/C17H21N5O4/c23-15(11-20-5-6-26-17(20)25)22-9-12-1-2-13(22)10-21(8-12)16(24)14-7-18-3-4-19-14/h3-4,7,12-13H,1-2,5-6,8-11H2/t12-,13+/m0/s1. The Kier molecular flexibility index (Phi) is 4.44. The number of rotatable bonds is 3. The van der Waals surface area contributed by atoms with Crippen molar-refractivity contribution in [2.24, 2.45) is 5.92 Å². The van der Waals surface area contributed by atoms with E-state index in [-0.39, 0.29) is 30.3 Å². The van der Waals surface area contributed by atoms with Gasteiger partial charge in [0.05, 0.1) is 12.7 Å². The number of hydrogen-bond acceptors (Lipinski definition) is 6. The summed E-state index contributed by atoms with van der Waals surface area (Å²) in [6.45, 7) is 2.54. The summed E-state index contributed by atoms with van der Waals surface area (Å²) in [6.07, 6.45) is 5.93. The number of aromatic nitrogens is 2. The van der Waals surface area contributed by atoms with E-state index in [4.69, 9.17) is 4.74 Å². The maximum Gasteiger partial charge on any atom is 0.410 e. The normalized spacial score (nSPS) is 25.2. The van der Waals surface area contributed by atoms with Gasteiger partial charge >= 0.3 is 6.09 Å². The van der Waals surface area contributed by atoms with Crippen LogP contribution in [-0.2, 0) is 9.53 Å². The molecular formula is C17H21N5O4.